The lowest BCUT2D eigenvalue weighted by atomic mass is 10.2. The second-order valence-corrected chi connectivity index (χ2v) is 8.87. The lowest BCUT2D eigenvalue weighted by Crippen LogP contribution is -2.43. The largest absolute Gasteiger partial charge is 0.384 e. The van der Waals surface area contributed by atoms with E-state index in [0.717, 1.165) is 21.9 Å². The average molecular weight is 463 g/mol. The van der Waals surface area contributed by atoms with Crippen molar-refractivity contribution in [2.45, 2.75) is 25.5 Å². The van der Waals surface area contributed by atoms with Gasteiger partial charge in [0, 0.05) is 31.2 Å². The summed E-state index contributed by atoms with van der Waals surface area (Å²) < 4.78 is 3.94. The second kappa shape index (κ2) is 9.11. The molecule has 11 heteroatoms. The lowest BCUT2D eigenvalue weighted by molar-refractivity contribution is 0.102. The molecule has 0 spiro atoms. The fourth-order valence-electron chi connectivity index (χ4n) is 3.08. The number of hydrogen-bond donors (Lipinski definition) is 1. The molecule has 0 aliphatic rings. The van der Waals surface area contributed by atoms with Crippen molar-refractivity contribution in [3.63, 3.8) is 0 Å². The van der Waals surface area contributed by atoms with Crippen LogP contribution in [0.5, 0.6) is 0 Å². The Morgan fingerprint density at radius 3 is 2.39 bits per heavy atom. The first-order valence-corrected chi connectivity index (χ1v) is 10.9. The number of rotatable bonds is 7. The Bertz CT molecular complexity index is 1240. The predicted octanol–water partition coefficient (Wildman–Crippen LogP) is 2.21. The third kappa shape index (κ3) is 4.59. The van der Waals surface area contributed by atoms with Crippen LogP contribution in [-0.4, -0.2) is 35.4 Å². The first kappa shape index (κ1) is 22.8. The molecule has 0 bridgehead atoms. The number of nitrogen functional groups attached to an aromatic ring is 1. The quantitative estimate of drug-likeness (QED) is 0.422. The third-order valence-corrected chi connectivity index (χ3v) is 5.95. The number of aromatic nitrogens is 5. The number of nitrogens with two attached hydrogens (primary N) is 1. The standard InChI is InChI=1S/C20H23ClN6O3S/c1-11(2)9-27-16(22)15(18(29)26(4)20(27)30)14(28)10-31-19-24-23-17(25(19)3)12-5-7-13(21)8-6-12/h5-8,11H,9-10,22H2,1-4H3. The van der Waals surface area contributed by atoms with Crippen molar-refractivity contribution in [1.82, 2.24) is 23.9 Å². The molecule has 0 radical (unpaired) electrons. The predicted molar refractivity (Wildman–Crippen MR) is 122 cm³/mol. The molecular weight excluding hydrogens is 440 g/mol. The molecular formula is C20H23ClN6O3S. The van der Waals surface area contributed by atoms with Gasteiger partial charge in [0.25, 0.3) is 5.56 Å². The molecule has 2 aromatic heterocycles. The molecule has 164 valence electrons. The fraction of sp³-hybridized carbons (Fsp3) is 0.350. The maximum absolute atomic E-state index is 12.9. The second-order valence-electron chi connectivity index (χ2n) is 7.50. The maximum atomic E-state index is 12.9. The number of halogens is 1. The van der Waals surface area contributed by atoms with Gasteiger partial charge in [-0.3, -0.25) is 18.7 Å². The number of nitrogens with zero attached hydrogens (tertiary/aromatic N) is 5. The van der Waals surface area contributed by atoms with Crippen molar-refractivity contribution in [2.75, 3.05) is 11.5 Å². The molecule has 0 atom stereocenters. The first-order chi connectivity index (χ1) is 14.6. The molecule has 0 fully saturated rings. The van der Waals surface area contributed by atoms with Crippen LogP contribution in [0.1, 0.15) is 24.2 Å². The van der Waals surface area contributed by atoms with E-state index in [0.29, 0.717) is 22.5 Å². The summed E-state index contributed by atoms with van der Waals surface area (Å²) in [5, 5.41) is 9.43. The highest BCUT2D eigenvalue weighted by Crippen LogP contribution is 2.24. The number of carbonyl (C=O) groups is 1. The number of carbonyl (C=O) groups excluding carboxylic acids is 1. The molecule has 3 aromatic rings. The Kier molecular flexibility index (Phi) is 6.71. The van der Waals surface area contributed by atoms with Crippen molar-refractivity contribution in [3.05, 3.63) is 55.7 Å². The minimum absolute atomic E-state index is 0.0775. The summed E-state index contributed by atoms with van der Waals surface area (Å²) in [4.78, 5) is 37.9. The number of Topliss-reactive ketones (excluding diaryl/α,β-unsaturated/α-hetero) is 1. The van der Waals surface area contributed by atoms with Crippen LogP contribution in [-0.2, 0) is 20.6 Å². The van der Waals surface area contributed by atoms with Gasteiger partial charge in [-0.25, -0.2) is 4.79 Å². The highest BCUT2D eigenvalue weighted by Gasteiger charge is 2.23. The highest BCUT2D eigenvalue weighted by molar-refractivity contribution is 7.99. The van der Waals surface area contributed by atoms with E-state index in [2.05, 4.69) is 10.2 Å². The molecule has 0 unspecified atom stereocenters. The smallest absolute Gasteiger partial charge is 0.332 e. The molecule has 2 heterocycles. The zero-order chi connectivity index (χ0) is 22.9. The molecule has 2 N–H and O–H groups in total. The van der Waals surface area contributed by atoms with Crippen molar-refractivity contribution in [3.8, 4) is 11.4 Å². The van der Waals surface area contributed by atoms with Crippen LogP contribution >= 0.6 is 23.4 Å². The SMILES string of the molecule is CC(C)Cn1c(N)c(C(=O)CSc2nnc(-c3ccc(Cl)cc3)n2C)c(=O)n(C)c1=O. The van der Waals surface area contributed by atoms with Crippen LogP contribution < -0.4 is 17.0 Å². The summed E-state index contributed by atoms with van der Waals surface area (Å²) in [6.07, 6.45) is 0. The van der Waals surface area contributed by atoms with E-state index in [1.165, 1.54) is 11.6 Å². The minimum atomic E-state index is -0.701. The number of hydrogen-bond acceptors (Lipinski definition) is 7. The Hall–Kier alpha value is -2.85. The van der Waals surface area contributed by atoms with Crippen molar-refractivity contribution in [2.24, 2.45) is 20.0 Å². The van der Waals surface area contributed by atoms with Gasteiger partial charge in [-0.05, 0) is 30.2 Å². The number of anilines is 1. The van der Waals surface area contributed by atoms with Gasteiger partial charge >= 0.3 is 5.69 Å². The van der Waals surface area contributed by atoms with Crippen LogP contribution in [0.4, 0.5) is 5.82 Å². The Labute approximate surface area is 187 Å². The first-order valence-electron chi connectivity index (χ1n) is 9.52. The van der Waals surface area contributed by atoms with Gasteiger partial charge < -0.3 is 10.3 Å². The van der Waals surface area contributed by atoms with E-state index < -0.39 is 17.0 Å². The van der Waals surface area contributed by atoms with Crippen LogP contribution in [0.25, 0.3) is 11.4 Å². The molecule has 3 rings (SSSR count). The van der Waals surface area contributed by atoms with Gasteiger partial charge in [0.15, 0.2) is 16.8 Å². The van der Waals surface area contributed by atoms with E-state index in [1.54, 1.807) is 23.7 Å². The molecule has 0 saturated carbocycles. The third-order valence-electron chi connectivity index (χ3n) is 4.68. The number of benzene rings is 1. The van der Waals surface area contributed by atoms with Gasteiger partial charge in [0.05, 0.1) is 5.75 Å². The summed E-state index contributed by atoms with van der Waals surface area (Å²) >= 11 is 7.07. The van der Waals surface area contributed by atoms with Crippen LogP contribution in [0.15, 0.2) is 39.0 Å². The summed E-state index contributed by atoms with van der Waals surface area (Å²) in [6, 6.07) is 7.17. The van der Waals surface area contributed by atoms with Gasteiger partial charge in [-0.2, -0.15) is 0 Å². The van der Waals surface area contributed by atoms with Crippen molar-refractivity contribution in [1.29, 1.82) is 0 Å². The van der Waals surface area contributed by atoms with Gasteiger partial charge in [0.2, 0.25) is 0 Å². The van der Waals surface area contributed by atoms with Crippen LogP contribution in [0, 0.1) is 5.92 Å². The minimum Gasteiger partial charge on any atom is -0.384 e. The van der Waals surface area contributed by atoms with Crippen molar-refractivity contribution < 1.29 is 4.79 Å². The molecule has 0 amide bonds. The average Bonchev–Trinajstić information content (AvgIpc) is 3.09. The molecule has 0 aliphatic heterocycles. The summed E-state index contributed by atoms with van der Waals surface area (Å²) in [7, 11) is 3.12. The normalized spacial score (nSPS) is 11.3. The van der Waals surface area contributed by atoms with Crippen LogP contribution in [0.2, 0.25) is 5.02 Å². The highest BCUT2D eigenvalue weighted by atomic mass is 35.5. The Balaban J connectivity index is 1.87. The van der Waals surface area contributed by atoms with Gasteiger partial charge in [0.1, 0.15) is 11.4 Å². The fourth-order valence-corrected chi connectivity index (χ4v) is 3.99. The molecule has 1 aromatic carbocycles. The molecule has 0 aliphatic carbocycles. The van der Waals surface area contributed by atoms with E-state index in [4.69, 9.17) is 17.3 Å². The monoisotopic (exact) mass is 462 g/mol. The van der Waals surface area contributed by atoms with Crippen LogP contribution in [0.3, 0.4) is 0 Å². The van der Waals surface area contributed by atoms with Crippen molar-refractivity contribution >= 4 is 35.0 Å². The Morgan fingerprint density at radius 1 is 1.13 bits per heavy atom. The van der Waals surface area contributed by atoms with Gasteiger partial charge in [-0.15, -0.1) is 10.2 Å². The summed E-state index contributed by atoms with van der Waals surface area (Å²) in [6.45, 7) is 4.14. The van der Waals surface area contributed by atoms with E-state index in [9.17, 15) is 14.4 Å². The molecule has 9 nitrogen and oxygen atoms in total. The summed E-state index contributed by atoms with van der Waals surface area (Å²) in [5.74, 6) is 0.0718. The zero-order valence-electron chi connectivity index (χ0n) is 17.6. The van der Waals surface area contributed by atoms with Gasteiger partial charge in [-0.1, -0.05) is 37.2 Å². The van der Waals surface area contributed by atoms with E-state index in [-0.39, 0.29) is 23.1 Å². The molecule has 31 heavy (non-hydrogen) atoms. The lowest BCUT2D eigenvalue weighted by Gasteiger charge is -2.16. The maximum Gasteiger partial charge on any atom is 0.332 e. The van der Waals surface area contributed by atoms with E-state index in [1.807, 2.05) is 26.0 Å². The number of ketones is 1. The Morgan fingerprint density at radius 2 is 1.77 bits per heavy atom. The summed E-state index contributed by atoms with van der Waals surface area (Å²) in [5.41, 5.74) is 5.47. The number of thioether (sulfide) groups is 1. The zero-order valence-corrected chi connectivity index (χ0v) is 19.2. The molecule has 0 saturated heterocycles. The topological polar surface area (TPSA) is 118 Å². The van der Waals surface area contributed by atoms with E-state index >= 15 is 0 Å².